The number of fused-ring (bicyclic) bond motifs is 3. The van der Waals surface area contributed by atoms with Gasteiger partial charge in [0.1, 0.15) is 22.8 Å². The molecule has 3 aromatic rings. The highest BCUT2D eigenvalue weighted by molar-refractivity contribution is 6.12. The van der Waals surface area contributed by atoms with Gasteiger partial charge in [0.25, 0.3) is 0 Å². The van der Waals surface area contributed by atoms with E-state index in [4.69, 9.17) is 15.2 Å². The molecular weight excluding hydrogens is 514 g/mol. The lowest BCUT2D eigenvalue weighted by molar-refractivity contribution is -0.135. The molecule has 6 heteroatoms. The molecule has 0 aromatic heterocycles. The van der Waals surface area contributed by atoms with E-state index >= 15 is 0 Å². The van der Waals surface area contributed by atoms with Gasteiger partial charge in [0, 0.05) is 23.1 Å². The highest BCUT2D eigenvalue weighted by Crippen LogP contribution is 2.57. The second-order valence-corrected chi connectivity index (χ2v) is 12.1. The van der Waals surface area contributed by atoms with Gasteiger partial charge in [0.05, 0.1) is 14.2 Å². The minimum absolute atomic E-state index is 0.102. The predicted octanol–water partition coefficient (Wildman–Crippen LogP) is 6.95. The van der Waals surface area contributed by atoms with Crippen LogP contribution in [0.5, 0.6) is 17.2 Å². The fraction of sp³-hybridized carbons (Fsp3) is 0.429. The zero-order chi connectivity index (χ0) is 29.9. The van der Waals surface area contributed by atoms with Crippen molar-refractivity contribution in [1.29, 1.82) is 0 Å². The van der Waals surface area contributed by atoms with Crippen LogP contribution in [0.2, 0.25) is 0 Å². The van der Waals surface area contributed by atoms with Crippen molar-refractivity contribution >= 4 is 11.7 Å². The first-order chi connectivity index (χ1) is 19.5. The van der Waals surface area contributed by atoms with Gasteiger partial charge in [-0.05, 0) is 59.6 Å². The van der Waals surface area contributed by atoms with Crippen LogP contribution in [0.4, 0.5) is 0 Å². The summed E-state index contributed by atoms with van der Waals surface area (Å²) >= 11 is 0. The van der Waals surface area contributed by atoms with Gasteiger partial charge in [0.2, 0.25) is 11.7 Å². The Balaban J connectivity index is 0.000000191. The van der Waals surface area contributed by atoms with E-state index in [1.165, 1.54) is 43.4 Å². The van der Waals surface area contributed by atoms with Gasteiger partial charge in [-0.3, -0.25) is 9.59 Å². The second kappa shape index (κ2) is 12.0. The molecule has 3 aromatic carbocycles. The van der Waals surface area contributed by atoms with E-state index in [2.05, 4.69) is 45.9 Å². The minimum Gasteiger partial charge on any atom is -0.507 e. The third kappa shape index (κ3) is 5.70. The highest BCUT2D eigenvalue weighted by atomic mass is 16.5. The molecule has 41 heavy (non-hydrogen) atoms. The van der Waals surface area contributed by atoms with Crippen LogP contribution < -0.4 is 15.2 Å². The number of carbonyl (C=O) groups excluding carboxylic acids is 2. The fourth-order valence-electron chi connectivity index (χ4n) is 6.98. The number of hydrogen-bond donors (Lipinski definition) is 2. The molecule has 3 atom stereocenters. The molecule has 3 N–H and O–H groups in total. The van der Waals surface area contributed by atoms with Gasteiger partial charge in [-0.25, -0.2) is 0 Å². The van der Waals surface area contributed by atoms with Crippen LogP contribution in [0.25, 0.3) is 0 Å². The third-order valence-electron chi connectivity index (χ3n) is 9.38. The van der Waals surface area contributed by atoms with Crippen molar-refractivity contribution in [3.63, 3.8) is 0 Å². The number of carbonyl (C=O) groups is 2. The molecule has 2 aliphatic carbocycles. The molecule has 0 saturated heterocycles. The summed E-state index contributed by atoms with van der Waals surface area (Å²) in [4.78, 5) is 24.5. The maximum Gasteiger partial charge on any atom is 0.223 e. The zero-order valence-corrected chi connectivity index (χ0v) is 25.1. The lowest BCUT2D eigenvalue weighted by Gasteiger charge is -2.54. The number of phenolic OH excluding ortho intramolecular Hbond substituents is 1. The van der Waals surface area contributed by atoms with Crippen molar-refractivity contribution in [1.82, 2.24) is 0 Å². The largest absolute Gasteiger partial charge is 0.507 e. The average Bonchev–Trinajstić information content (AvgIpc) is 2.96. The number of methoxy groups -OCH3 is 2. The van der Waals surface area contributed by atoms with E-state index in [-0.39, 0.29) is 39.6 Å². The van der Waals surface area contributed by atoms with Crippen molar-refractivity contribution in [2.45, 2.75) is 71.1 Å². The van der Waals surface area contributed by atoms with Gasteiger partial charge >= 0.3 is 0 Å². The molecule has 6 nitrogen and oxygen atoms in total. The number of aryl methyl sites for hydroxylation is 1. The molecule has 0 radical (unpaired) electrons. The van der Waals surface area contributed by atoms with Gasteiger partial charge in [-0.1, -0.05) is 82.6 Å². The minimum atomic E-state index is -0.346. The number of ether oxygens (including phenoxy) is 2. The van der Waals surface area contributed by atoms with Crippen molar-refractivity contribution in [2.75, 3.05) is 14.2 Å². The summed E-state index contributed by atoms with van der Waals surface area (Å²) in [6.45, 7) is 8.97. The van der Waals surface area contributed by atoms with Gasteiger partial charge < -0.3 is 20.3 Å². The van der Waals surface area contributed by atoms with E-state index < -0.39 is 0 Å². The lowest BCUT2D eigenvalue weighted by Crippen LogP contribution is -2.54. The van der Waals surface area contributed by atoms with E-state index in [0.29, 0.717) is 23.1 Å². The van der Waals surface area contributed by atoms with Crippen molar-refractivity contribution < 1.29 is 24.2 Å². The first-order valence-corrected chi connectivity index (χ1v) is 14.4. The molecule has 218 valence electrons. The summed E-state index contributed by atoms with van der Waals surface area (Å²) in [6, 6.07) is 18.7. The van der Waals surface area contributed by atoms with Crippen LogP contribution in [0, 0.1) is 11.3 Å². The van der Waals surface area contributed by atoms with Crippen molar-refractivity contribution in [2.24, 2.45) is 17.1 Å². The number of hydrogen-bond acceptors (Lipinski definition) is 5. The summed E-state index contributed by atoms with van der Waals surface area (Å²) in [5.41, 5.74) is 10.6. The normalized spacial score (nSPS) is 23.0. The number of aromatic hydroxyl groups is 1. The molecule has 0 spiro atoms. The van der Waals surface area contributed by atoms with E-state index in [1.807, 2.05) is 6.07 Å². The molecule has 5 rings (SSSR count). The van der Waals surface area contributed by atoms with Crippen molar-refractivity contribution in [3.05, 3.63) is 88.5 Å². The molecular formula is C35H43NO5. The SMILES string of the molecule is CC(C)c1ccc2c(c1)CCC1C(C)(C(N)=O)CCCC21C.COc1cc(O)c(C(=O)c2ccccc2)c(OC)c1. The molecule has 1 saturated carbocycles. The highest BCUT2D eigenvalue weighted by Gasteiger charge is 2.54. The van der Waals surface area contributed by atoms with Crippen LogP contribution >= 0.6 is 0 Å². The third-order valence-corrected chi connectivity index (χ3v) is 9.38. The number of ketones is 1. The molecule has 1 fully saturated rings. The Kier molecular flexibility index (Phi) is 8.81. The van der Waals surface area contributed by atoms with Gasteiger partial charge in [-0.15, -0.1) is 0 Å². The number of rotatable bonds is 6. The maximum absolute atomic E-state index is 12.4. The first kappa shape index (κ1) is 30.2. The average molecular weight is 558 g/mol. The van der Waals surface area contributed by atoms with Crippen molar-refractivity contribution in [3.8, 4) is 17.2 Å². The summed E-state index contributed by atoms with van der Waals surface area (Å²) < 4.78 is 10.2. The molecule has 0 aliphatic heterocycles. The van der Waals surface area contributed by atoms with Gasteiger partial charge in [0.15, 0.2) is 0 Å². The number of nitrogens with two attached hydrogens (primary N) is 1. The Morgan fingerprint density at radius 3 is 2.29 bits per heavy atom. The zero-order valence-electron chi connectivity index (χ0n) is 25.1. The quantitative estimate of drug-likeness (QED) is 0.320. The Labute approximate surface area is 243 Å². The van der Waals surface area contributed by atoms with Crippen LogP contribution in [-0.4, -0.2) is 31.0 Å². The summed E-state index contributed by atoms with van der Waals surface area (Å²) in [5.74, 6) is 1.10. The van der Waals surface area contributed by atoms with Crippen LogP contribution in [0.15, 0.2) is 60.7 Å². The van der Waals surface area contributed by atoms with E-state index in [0.717, 1.165) is 25.7 Å². The molecule has 0 heterocycles. The lowest BCUT2D eigenvalue weighted by atomic mass is 9.49. The second-order valence-electron chi connectivity index (χ2n) is 12.1. The Bertz CT molecular complexity index is 1420. The number of benzene rings is 3. The fourth-order valence-corrected chi connectivity index (χ4v) is 6.98. The Hall–Kier alpha value is -3.80. The molecule has 0 bridgehead atoms. The van der Waals surface area contributed by atoms with E-state index in [9.17, 15) is 14.7 Å². The van der Waals surface area contributed by atoms with Crippen LogP contribution in [0.3, 0.4) is 0 Å². The summed E-state index contributed by atoms with van der Waals surface area (Å²) in [6.07, 6.45) is 5.39. The number of amides is 1. The Morgan fingerprint density at radius 2 is 1.68 bits per heavy atom. The first-order valence-electron chi connectivity index (χ1n) is 14.4. The smallest absolute Gasteiger partial charge is 0.223 e. The van der Waals surface area contributed by atoms with Crippen LogP contribution in [-0.2, 0) is 16.6 Å². The number of phenols is 1. The van der Waals surface area contributed by atoms with Gasteiger partial charge in [-0.2, -0.15) is 0 Å². The monoisotopic (exact) mass is 557 g/mol. The summed E-state index contributed by atoms with van der Waals surface area (Å²) in [5, 5.41) is 9.99. The molecule has 3 unspecified atom stereocenters. The maximum atomic E-state index is 12.4. The summed E-state index contributed by atoms with van der Waals surface area (Å²) in [7, 11) is 2.92. The topological polar surface area (TPSA) is 98.9 Å². The standard InChI is InChI=1S/C20H29NO.C15H14O4/c1-13(2)14-6-8-16-15(12-14)7-9-17-19(16,3)10-5-11-20(17,4)18(21)22;1-18-11-8-12(16)14(13(9-11)19-2)15(17)10-6-4-3-5-7-10/h6,8,12-13,17H,5,7,9-11H2,1-4H3,(H2,21,22);3-9,16H,1-2H3. The van der Waals surface area contributed by atoms with Crippen LogP contribution in [0.1, 0.15) is 91.9 Å². The predicted molar refractivity (Wildman–Crippen MR) is 162 cm³/mol. The molecule has 2 aliphatic rings. The van der Waals surface area contributed by atoms with E-state index in [1.54, 1.807) is 30.3 Å². The Morgan fingerprint density at radius 1 is 0.976 bits per heavy atom. The molecule has 1 amide bonds. The number of primary amides is 1.